The Labute approximate surface area is 169 Å². The number of hydrogen-bond donors (Lipinski definition) is 1. The summed E-state index contributed by atoms with van der Waals surface area (Å²) in [5, 5.41) is 3.74. The average molecular weight is 397 g/mol. The molecule has 0 bridgehead atoms. The minimum absolute atomic E-state index is 0.0755. The molecular formula is C21H21ClN4O2. The van der Waals surface area contributed by atoms with Crippen LogP contribution in [-0.2, 0) is 6.42 Å². The van der Waals surface area contributed by atoms with Crippen LogP contribution in [0.3, 0.4) is 0 Å². The van der Waals surface area contributed by atoms with E-state index in [9.17, 15) is 4.79 Å². The van der Waals surface area contributed by atoms with Crippen LogP contribution in [0, 0.1) is 0 Å². The van der Waals surface area contributed by atoms with Crippen LogP contribution in [0.1, 0.15) is 15.9 Å². The fraction of sp³-hybridized carbons (Fsp3) is 0.190. The van der Waals surface area contributed by atoms with Gasteiger partial charge in [-0.25, -0.2) is 4.98 Å². The van der Waals surface area contributed by atoms with Gasteiger partial charge in [0.25, 0.3) is 5.91 Å². The Hall–Kier alpha value is -3.12. The Morgan fingerprint density at radius 2 is 1.96 bits per heavy atom. The fourth-order valence-electron chi connectivity index (χ4n) is 2.68. The molecule has 1 N–H and O–H groups in total. The second kappa shape index (κ2) is 9.19. The Bertz CT molecular complexity index is 933. The van der Waals surface area contributed by atoms with Crippen LogP contribution in [0.25, 0.3) is 0 Å². The predicted octanol–water partition coefficient (Wildman–Crippen LogP) is 4.20. The van der Waals surface area contributed by atoms with Crippen LogP contribution < -0.4 is 10.1 Å². The van der Waals surface area contributed by atoms with E-state index >= 15 is 0 Å². The topological polar surface area (TPSA) is 67.3 Å². The van der Waals surface area contributed by atoms with E-state index in [0.717, 1.165) is 12.0 Å². The maximum atomic E-state index is 12.6. The summed E-state index contributed by atoms with van der Waals surface area (Å²) in [4.78, 5) is 22.6. The SMILES string of the molecule is COc1ccc(Cl)cc1Nc1ccc(C(=O)N(C)CCc2ccncc2)cn1. The summed E-state index contributed by atoms with van der Waals surface area (Å²) in [6.07, 6.45) is 5.83. The second-order valence-electron chi connectivity index (χ2n) is 6.23. The molecule has 1 amide bonds. The van der Waals surface area contributed by atoms with E-state index in [2.05, 4.69) is 15.3 Å². The molecule has 28 heavy (non-hydrogen) atoms. The standard InChI is InChI=1S/C21H21ClN4O2/c1-26(12-9-15-7-10-23-11-8-15)21(27)16-3-6-20(24-14-16)25-18-13-17(22)4-5-19(18)28-2/h3-8,10-11,13-14H,9,12H2,1-2H3,(H,24,25). The van der Waals surface area contributed by atoms with Crippen molar-refractivity contribution in [1.82, 2.24) is 14.9 Å². The highest BCUT2D eigenvalue weighted by Crippen LogP contribution is 2.29. The number of carbonyl (C=O) groups is 1. The van der Waals surface area contributed by atoms with Gasteiger partial charge in [0.2, 0.25) is 0 Å². The van der Waals surface area contributed by atoms with Gasteiger partial charge in [0.05, 0.1) is 18.4 Å². The summed E-state index contributed by atoms with van der Waals surface area (Å²) in [6, 6.07) is 12.7. The minimum Gasteiger partial charge on any atom is -0.495 e. The van der Waals surface area contributed by atoms with Crippen LogP contribution in [0.15, 0.2) is 61.1 Å². The van der Waals surface area contributed by atoms with Gasteiger partial charge in [0.15, 0.2) is 0 Å². The molecule has 7 heteroatoms. The Kier molecular flexibility index (Phi) is 6.45. The van der Waals surface area contributed by atoms with Crippen molar-refractivity contribution in [3.63, 3.8) is 0 Å². The maximum absolute atomic E-state index is 12.6. The van der Waals surface area contributed by atoms with Gasteiger partial charge in [0.1, 0.15) is 11.6 Å². The number of methoxy groups -OCH3 is 1. The summed E-state index contributed by atoms with van der Waals surface area (Å²) in [5.41, 5.74) is 2.37. The fourth-order valence-corrected chi connectivity index (χ4v) is 2.85. The third-order valence-corrected chi connectivity index (χ3v) is 4.50. The minimum atomic E-state index is -0.0755. The molecule has 0 radical (unpaired) electrons. The van der Waals surface area contributed by atoms with Crippen molar-refractivity contribution in [3.8, 4) is 5.75 Å². The van der Waals surface area contributed by atoms with Crippen molar-refractivity contribution < 1.29 is 9.53 Å². The van der Waals surface area contributed by atoms with Gasteiger partial charge >= 0.3 is 0 Å². The lowest BCUT2D eigenvalue weighted by molar-refractivity contribution is 0.0796. The first kappa shape index (κ1) is 19.6. The first-order valence-electron chi connectivity index (χ1n) is 8.78. The molecule has 0 saturated carbocycles. The number of benzene rings is 1. The number of likely N-dealkylation sites (N-methyl/N-ethyl adjacent to an activating group) is 1. The lowest BCUT2D eigenvalue weighted by atomic mass is 10.2. The third kappa shape index (κ3) is 4.98. The number of pyridine rings is 2. The quantitative estimate of drug-likeness (QED) is 0.648. The molecule has 0 aliphatic carbocycles. The second-order valence-corrected chi connectivity index (χ2v) is 6.67. The summed E-state index contributed by atoms with van der Waals surface area (Å²) < 4.78 is 5.32. The van der Waals surface area contributed by atoms with Crippen molar-refractivity contribution >= 4 is 29.0 Å². The van der Waals surface area contributed by atoms with Gasteiger partial charge < -0.3 is 15.0 Å². The van der Waals surface area contributed by atoms with Crippen molar-refractivity contribution in [3.05, 3.63) is 77.2 Å². The summed E-state index contributed by atoms with van der Waals surface area (Å²) in [5.74, 6) is 1.17. The van der Waals surface area contributed by atoms with Crippen molar-refractivity contribution in [2.45, 2.75) is 6.42 Å². The lowest BCUT2D eigenvalue weighted by Crippen LogP contribution is -2.28. The van der Waals surface area contributed by atoms with Crippen molar-refractivity contribution in [1.29, 1.82) is 0 Å². The summed E-state index contributed by atoms with van der Waals surface area (Å²) in [6.45, 7) is 0.614. The largest absolute Gasteiger partial charge is 0.495 e. The number of hydrogen-bond acceptors (Lipinski definition) is 5. The normalized spacial score (nSPS) is 10.4. The molecule has 0 saturated heterocycles. The molecule has 0 aliphatic heterocycles. The first-order chi connectivity index (χ1) is 13.6. The number of nitrogens with zero attached hydrogens (tertiary/aromatic N) is 3. The highest BCUT2D eigenvalue weighted by atomic mass is 35.5. The lowest BCUT2D eigenvalue weighted by Gasteiger charge is -2.17. The molecule has 1 aromatic carbocycles. The summed E-state index contributed by atoms with van der Waals surface area (Å²) >= 11 is 6.05. The number of rotatable bonds is 7. The molecule has 144 valence electrons. The van der Waals surface area contributed by atoms with Gasteiger partial charge in [-0.05, 0) is 54.4 Å². The number of anilines is 2. The van der Waals surface area contributed by atoms with E-state index in [1.807, 2.05) is 12.1 Å². The molecule has 0 atom stereocenters. The molecule has 0 spiro atoms. The average Bonchev–Trinajstić information content (AvgIpc) is 2.73. The molecule has 0 aliphatic rings. The molecule has 3 aromatic rings. The van der Waals surface area contributed by atoms with Gasteiger partial charge in [0, 0.05) is 37.2 Å². The van der Waals surface area contributed by atoms with Crippen LogP contribution >= 0.6 is 11.6 Å². The Morgan fingerprint density at radius 3 is 2.64 bits per heavy atom. The molecular weight excluding hydrogens is 376 g/mol. The van der Waals surface area contributed by atoms with E-state index in [4.69, 9.17) is 16.3 Å². The zero-order valence-electron chi connectivity index (χ0n) is 15.7. The van der Waals surface area contributed by atoms with Gasteiger partial charge in [-0.1, -0.05) is 11.6 Å². The van der Waals surface area contributed by atoms with Crippen LogP contribution in [0.5, 0.6) is 5.75 Å². The molecule has 0 fully saturated rings. The van der Waals surface area contributed by atoms with Crippen molar-refractivity contribution in [2.75, 3.05) is 26.0 Å². The highest BCUT2D eigenvalue weighted by molar-refractivity contribution is 6.31. The van der Waals surface area contributed by atoms with Gasteiger partial charge in [-0.3, -0.25) is 9.78 Å². The number of aromatic nitrogens is 2. The Morgan fingerprint density at radius 1 is 1.18 bits per heavy atom. The molecule has 2 heterocycles. The zero-order valence-corrected chi connectivity index (χ0v) is 16.5. The molecule has 2 aromatic heterocycles. The van der Waals surface area contributed by atoms with Gasteiger partial charge in [-0.2, -0.15) is 0 Å². The molecule has 0 unspecified atom stereocenters. The van der Waals surface area contributed by atoms with E-state index in [-0.39, 0.29) is 5.91 Å². The third-order valence-electron chi connectivity index (χ3n) is 4.27. The number of ether oxygens (including phenoxy) is 1. The van der Waals surface area contributed by atoms with Crippen LogP contribution in [0.4, 0.5) is 11.5 Å². The van der Waals surface area contributed by atoms with E-state index in [0.29, 0.717) is 34.4 Å². The van der Waals surface area contributed by atoms with Crippen LogP contribution in [0.2, 0.25) is 5.02 Å². The number of amides is 1. The van der Waals surface area contributed by atoms with Crippen molar-refractivity contribution in [2.24, 2.45) is 0 Å². The monoisotopic (exact) mass is 396 g/mol. The van der Waals surface area contributed by atoms with E-state index in [1.165, 1.54) is 0 Å². The Balaban J connectivity index is 1.63. The van der Waals surface area contributed by atoms with E-state index < -0.39 is 0 Å². The predicted molar refractivity (Wildman–Crippen MR) is 110 cm³/mol. The summed E-state index contributed by atoms with van der Waals surface area (Å²) in [7, 11) is 3.37. The first-order valence-corrected chi connectivity index (χ1v) is 9.15. The molecule has 3 rings (SSSR count). The molecule has 6 nitrogen and oxygen atoms in total. The smallest absolute Gasteiger partial charge is 0.255 e. The highest BCUT2D eigenvalue weighted by Gasteiger charge is 2.13. The van der Waals surface area contributed by atoms with E-state index in [1.54, 1.807) is 68.0 Å². The number of nitrogens with one attached hydrogen (secondary N) is 1. The number of halogens is 1. The van der Waals surface area contributed by atoms with Crippen LogP contribution in [-0.4, -0.2) is 41.5 Å². The number of carbonyl (C=O) groups excluding carboxylic acids is 1. The van der Waals surface area contributed by atoms with Gasteiger partial charge in [-0.15, -0.1) is 0 Å². The maximum Gasteiger partial charge on any atom is 0.255 e. The zero-order chi connectivity index (χ0) is 19.9.